The van der Waals surface area contributed by atoms with Crippen LogP contribution in [0, 0.1) is 0 Å². The zero-order chi connectivity index (χ0) is 16.7. The summed E-state index contributed by atoms with van der Waals surface area (Å²) in [6.07, 6.45) is 4.46. The fraction of sp³-hybridized carbons (Fsp3) is 0.571. The van der Waals surface area contributed by atoms with Gasteiger partial charge in [-0.3, -0.25) is 4.79 Å². The summed E-state index contributed by atoms with van der Waals surface area (Å²) in [5, 5.41) is 33.0. The molecule has 0 aliphatic carbocycles. The van der Waals surface area contributed by atoms with Gasteiger partial charge in [0.25, 0.3) is 5.91 Å². The molecule has 1 amide bonds. The lowest BCUT2D eigenvalue weighted by molar-refractivity contribution is -0.251. The zero-order valence-electron chi connectivity index (χ0n) is 12.8. The first-order valence-electron chi connectivity index (χ1n) is 6.94. The molecule has 2 aliphatic heterocycles. The number of hydrogen-bond acceptors (Lipinski definition) is 6. The van der Waals surface area contributed by atoms with Crippen molar-refractivity contribution in [3.63, 3.8) is 0 Å². The fourth-order valence-electron chi connectivity index (χ4n) is 2.44. The third-order valence-corrected chi connectivity index (χ3v) is 5.16. The van der Waals surface area contributed by atoms with Crippen LogP contribution in [0.25, 0.3) is 0 Å². The Hall–Kier alpha value is -1.11. The molecular weight excluding hydrogens is 307 g/mol. The van der Waals surface area contributed by atoms with Crippen molar-refractivity contribution in [2.45, 2.75) is 30.6 Å². The van der Waals surface area contributed by atoms with E-state index in [1.807, 2.05) is 0 Å². The van der Waals surface area contributed by atoms with E-state index < -0.39 is 31.1 Å². The second-order valence-electron chi connectivity index (χ2n) is 6.36. The standard InChI is InChI=1S/C14H23N2O5P/c1-9-15-11(17)5-7-16(9)13-14(19,20)12(18)10(21-13)6-8-22(2,3)4/h5,7,10,12-13,18-20H,1-2,6,8H2,3-4H3,(H,15,17)/t10-,12-,13-/m1/s1. The van der Waals surface area contributed by atoms with Crippen LogP contribution in [-0.4, -0.2) is 76.1 Å². The van der Waals surface area contributed by atoms with E-state index >= 15 is 0 Å². The van der Waals surface area contributed by atoms with Gasteiger partial charge in [0.2, 0.25) is 5.79 Å². The summed E-state index contributed by atoms with van der Waals surface area (Å²) in [5.41, 5.74) is 0. The normalized spacial score (nSPS) is 31.5. The average molecular weight is 330 g/mol. The molecule has 0 radical (unpaired) electrons. The number of rotatable bonds is 4. The Morgan fingerprint density at radius 3 is 2.68 bits per heavy atom. The topological polar surface area (TPSA) is 102 Å². The van der Waals surface area contributed by atoms with Crippen LogP contribution in [0.4, 0.5) is 0 Å². The first kappa shape index (κ1) is 17.2. The molecule has 2 heterocycles. The molecule has 0 aromatic heterocycles. The Morgan fingerprint density at radius 2 is 2.14 bits per heavy atom. The number of aliphatic hydroxyl groups excluding tert-OH is 1. The summed E-state index contributed by atoms with van der Waals surface area (Å²) in [6, 6.07) is 0. The monoisotopic (exact) mass is 330 g/mol. The van der Waals surface area contributed by atoms with Crippen LogP contribution in [0.2, 0.25) is 0 Å². The Bertz CT molecular complexity index is 553. The second-order valence-corrected chi connectivity index (χ2v) is 10.7. The second kappa shape index (κ2) is 5.83. The van der Waals surface area contributed by atoms with Gasteiger partial charge in [-0.1, -0.05) is 6.58 Å². The molecule has 0 saturated carbocycles. The van der Waals surface area contributed by atoms with Crippen molar-refractivity contribution in [3.05, 3.63) is 24.7 Å². The smallest absolute Gasteiger partial charge is 0.250 e. The SMILES string of the molecule is C=C1NC(=O)C=CN1[C@@H]1O[C@H](CCP(=C)(C)C)[C@@H](O)C1(O)O. The minimum atomic E-state index is -2.47. The van der Waals surface area contributed by atoms with Crippen LogP contribution in [0.1, 0.15) is 6.42 Å². The highest BCUT2D eigenvalue weighted by atomic mass is 31.2. The number of nitrogens with zero attached hydrogens (tertiary/aromatic N) is 1. The van der Waals surface area contributed by atoms with Crippen molar-refractivity contribution in [1.29, 1.82) is 0 Å². The molecule has 2 aliphatic rings. The predicted molar refractivity (Wildman–Crippen MR) is 85.5 cm³/mol. The summed E-state index contributed by atoms with van der Waals surface area (Å²) >= 11 is 0. The van der Waals surface area contributed by atoms with Gasteiger partial charge in [-0.2, -0.15) is 0 Å². The van der Waals surface area contributed by atoms with E-state index in [0.717, 1.165) is 6.16 Å². The molecule has 124 valence electrons. The van der Waals surface area contributed by atoms with Crippen LogP contribution in [0.15, 0.2) is 24.7 Å². The summed E-state index contributed by atoms with van der Waals surface area (Å²) < 4.78 is 5.63. The molecular formula is C14H23N2O5P. The van der Waals surface area contributed by atoms with E-state index in [9.17, 15) is 20.1 Å². The third-order valence-electron chi connectivity index (χ3n) is 3.69. The minimum Gasteiger partial charge on any atom is -0.385 e. The van der Waals surface area contributed by atoms with E-state index in [2.05, 4.69) is 31.5 Å². The van der Waals surface area contributed by atoms with Crippen molar-refractivity contribution in [2.24, 2.45) is 0 Å². The van der Waals surface area contributed by atoms with Crippen molar-refractivity contribution in [2.75, 3.05) is 19.5 Å². The summed E-state index contributed by atoms with van der Waals surface area (Å²) in [6.45, 7) is 6.45. The third kappa shape index (κ3) is 3.45. The molecule has 3 atom stereocenters. The number of carbonyl (C=O) groups excluding carboxylic acids is 1. The molecule has 22 heavy (non-hydrogen) atoms. The van der Waals surface area contributed by atoms with Gasteiger partial charge in [-0.15, -0.1) is 13.2 Å². The highest BCUT2D eigenvalue weighted by molar-refractivity contribution is 7.72. The first-order chi connectivity index (χ1) is 10.0. The van der Waals surface area contributed by atoms with E-state index in [0.29, 0.717) is 6.42 Å². The lowest BCUT2D eigenvalue weighted by atomic mass is 10.0. The summed E-state index contributed by atoms with van der Waals surface area (Å²) in [4.78, 5) is 12.5. The molecule has 0 bridgehead atoms. The molecule has 0 unspecified atom stereocenters. The highest BCUT2D eigenvalue weighted by Gasteiger charge is 2.57. The number of nitrogens with one attached hydrogen (secondary N) is 1. The molecule has 0 aromatic rings. The number of aliphatic hydroxyl groups is 3. The largest absolute Gasteiger partial charge is 0.385 e. The van der Waals surface area contributed by atoms with Crippen LogP contribution in [-0.2, 0) is 9.53 Å². The fourth-order valence-corrected chi connectivity index (χ4v) is 3.39. The maximum atomic E-state index is 11.2. The van der Waals surface area contributed by atoms with Crippen molar-refractivity contribution in [1.82, 2.24) is 10.2 Å². The molecule has 2 rings (SSSR count). The molecule has 8 heteroatoms. The quantitative estimate of drug-likeness (QED) is 0.400. The van der Waals surface area contributed by atoms with E-state index in [4.69, 9.17) is 4.74 Å². The maximum absolute atomic E-state index is 11.2. The Kier molecular flexibility index (Phi) is 4.57. The summed E-state index contributed by atoms with van der Waals surface area (Å²) in [7, 11) is 0. The predicted octanol–water partition coefficient (Wildman–Crippen LogP) is -0.731. The zero-order valence-corrected chi connectivity index (χ0v) is 13.7. The van der Waals surface area contributed by atoms with Crippen molar-refractivity contribution in [3.8, 4) is 0 Å². The van der Waals surface area contributed by atoms with E-state index in [1.54, 1.807) is 0 Å². The van der Waals surface area contributed by atoms with Crippen LogP contribution in [0.5, 0.6) is 0 Å². The molecule has 4 N–H and O–H groups in total. The Morgan fingerprint density at radius 1 is 1.50 bits per heavy atom. The van der Waals surface area contributed by atoms with E-state index in [1.165, 1.54) is 17.2 Å². The molecule has 0 aromatic carbocycles. The average Bonchev–Trinajstić information content (AvgIpc) is 2.59. The lowest BCUT2D eigenvalue weighted by Crippen LogP contribution is -2.55. The van der Waals surface area contributed by atoms with Crippen molar-refractivity contribution < 1.29 is 24.9 Å². The molecule has 0 spiro atoms. The first-order valence-corrected chi connectivity index (χ1v) is 10.00. The summed E-state index contributed by atoms with van der Waals surface area (Å²) in [5.74, 6) is -2.67. The number of hydrogen-bond donors (Lipinski definition) is 4. The highest BCUT2D eigenvalue weighted by Crippen LogP contribution is 2.40. The Balaban J connectivity index is 2.16. The van der Waals surface area contributed by atoms with Crippen molar-refractivity contribution >= 4 is 19.1 Å². The van der Waals surface area contributed by atoms with Gasteiger partial charge in [-0.05, 0) is 25.9 Å². The van der Waals surface area contributed by atoms with Crippen LogP contribution >= 0.6 is 6.89 Å². The van der Waals surface area contributed by atoms with Gasteiger partial charge in [0, 0.05) is 12.3 Å². The van der Waals surface area contributed by atoms with Gasteiger partial charge in [0.1, 0.15) is 11.9 Å². The number of ether oxygens (including phenoxy) is 1. The van der Waals surface area contributed by atoms with Gasteiger partial charge >= 0.3 is 0 Å². The van der Waals surface area contributed by atoms with Gasteiger partial charge in [0.15, 0.2) is 6.23 Å². The molecule has 1 fully saturated rings. The number of amides is 1. The molecule has 7 nitrogen and oxygen atoms in total. The van der Waals surface area contributed by atoms with Crippen LogP contribution < -0.4 is 5.32 Å². The molecule has 1 saturated heterocycles. The van der Waals surface area contributed by atoms with Gasteiger partial charge < -0.3 is 30.3 Å². The lowest BCUT2D eigenvalue weighted by Gasteiger charge is -2.35. The number of carbonyl (C=O) groups is 1. The Labute approximate surface area is 129 Å². The van der Waals surface area contributed by atoms with Gasteiger partial charge in [0.05, 0.1) is 6.10 Å². The minimum absolute atomic E-state index is 0.155. The van der Waals surface area contributed by atoms with Crippen LogP contribution in [0.3, 0.4) is 0 Å². The van der Waals surface area contributed by atoms with E-state index in [-0.39, 0.29) is 11.7 Å². The maximum Gasteiger partial charge on any atom is 0.250 e. The van der Waals surface area contributed by atoms with Gasteiger partial charge in [-0.25, -0.2) is 0 Å².